The first kappa shape index (κ1) is 26.9. The van der Waals surface area contributed by atoms with Crippen LogP contribution in [0.2, 0.25) is 0 Å². The third-order valence-electron chi connectivity index (χ3n) is 9.94. The van der Waals surface area contributed by atoms with Crippen molar-refractivity contribution in [3.63, 3.8) is 0 Å². The van der Waals surface area contributed by atoms with E-state index < -0.39 is 46.6 Å². The van der Waals surface area contributed by atoms with Crippen LogP contribution in [0.25, 0.3) is 0 Å². The van der Waals surface area contributed by atoms with E-state index in [4.69, 9.17) is 9.47 Å². The molecular weight excluding hydrogens is 477 g/mol. The van der Waals surface area contributed by atoms with E-state index in [1.807, 2.05) is 13.8 Å². The number of Topliss-reactive ketones (excluding diaryl/α,β-unsaturated/α-hetero) is 1. The normalized spacial score (nSPS) is 41.9. The van der Waals surface area contributed by atoms with Crippen molar-refractivity contribution in [2.75, 3.05) is 0 Å². The lowest BCUT2D eigenvalue weighted by molar-refractivity contribution is -0.229. The van der Waals surface area contributed by atoms with Gasteiger partial charge in [-0.15, -0.1) is 0 Å². The molecule has 3 saturated carbocycles. The van der Waals surface area contributed by atoms with Crippen LogP contribution in [0, 0.1) is 34.5 Å². The molecule has 1 unspecified atom stereocenters. The maximum Gasteiger partial charge on any atom is 0.490 e. The minimum absolute atomic E-state index is 0.00773. The van der Waals surface area contributed by atoms with Crippen molar-refractivity contribution in [1.29, 1.82) is 0 Å². The first-order valence-electron chi connectivity index (χ1n) is 12.9. The molecule has 4 aliphatic rings. The van der Waals surface area contributed by atoms with E-state index in [-0.39, 0.29) is 48.6 Å². The molecule has 0 heterocycles. The SMILES string of the molecule is CCC(=O)O[C@]1(C(C)=O)CC[C@H]2[C@@H]3CCC4=CC(=O)C(C)C[C@]4(C)[C@H]3[C@@H](OC(=O)C(F)(F)F)C[C@@]21C. The van der Waals surface area contributed by atoms with E-state index in [0.717, 1.165) is 5.57 Å². The average molecular weight is 513 g/mol. The molecule has 0 spiro atoms. The zero-order chi connectivity index (χ0) is 26.8. The van der Waals surface area contributed by atoms with Gasteiger partial charge in [-0.05, 0) is 68.8 Å². The van der Waals surface area contributed by atoms with E-state index in [9.17, 15) is 32.3 Å². The predicted molar refractivity (Wildman–Crippen MR) is 122 cm³/mol. The molecule has 36 heavy (non-hydrogen) atoms. The summed E-state index contributed by atoms with van der Waals surface area (Å²) in [5.74, 6) is -4.13. The fraction of sp³-hybridized carbons (Fsp3) is 0.778. The number of rotatable bonds is 4. The first-order valence-corrected chi connectivity index (χ1v) is 12.9. The van der Waals surface area contributed by atoms with E-state index in [2.05, 4.69) is 0 Å². The monoisotopic (exact) mass is 512 g/mol. The average Bonchev–Trinajstić information content (AvgIpc) is 3.06. The van der Waals surface area contributed by atoms with Crippen molar-refractivity contribution in [2.24, 2.45) is 34.5 Å². The second-order valence-electron chi connectivity index (χ2n) is 11.7. The molecule has 6 nitrogen and oxygen atoms in total. The van der Waals surface area contributed by atoms with E-state index in [0.29, 0.717) is 25.7 Å². The molecule has 0 aromatic rings. The number of halogens is 3. The topological polar surface area (TPSA) is 86.7 Å². The maximum absolute atomic E-state index is 13.4. The lowest BCUT2D eigenvalue weighted by atomic mass is 9.44. The molecule has 0 radical (unpaired) electrons. The molecule has 0 aromatic heterocycles. The van der Waals surface area contributed by atoms with Crippen LogP contribution in [0.3, 0.4) is 0 Å². The number of alkyl halides is 3. The minimum Gasteiger partial charge on any atom is -0.455 e. The maximum atomic E-state index is 13.4. The second kappa shape index (κ2) is 8.69. The Balaban J connectivity index is 1.83. The number of allylic oxidation sites excluding steroid dienone is 1. The van der Waals surface area contributed by atoms with Gasteiger partial charge >= 0.3 is 18.1 Å². The Bertz CT molecular complexity index is 1020. The Morgan fingerprint density at radius 2 is 1.81 bits per heavy atom. The van der Waals surface area contributed by atoms with Crippen LogP contribution in [0.4, 0.5) is 13.2 Å². The largest absolute Gasteiger partial charge is 0.490 e. The summed E-state index contributed by atoms with van der Waals surface area (Å²) in [6.45, 7) is 8.57. The number of esters is 2. The molecule has 8 atom stereocenters. The van der Waals surface area contributed by atoms with Crippen molar-refractivity contribution >= 4 is 23.5 Å². The highest BCUT2D eigenvalue weighted by atomic mass is 19.4. The Kier molecular flexibility index (Phi) is 6.48. The van der Waals surface area contributed by atoms with Crippen LogP contribution < -0.4 is 0 Å². The van der Waals surface area contributed by atoms with E-state index >= 15 is 0 Å². The molecule has 0 aliphatic heterocycles. The van der Waals surface area contributed by atoms with Gasteiger partial charge in [-0.2, -0.15) is 13.2 Å². The van der Waals surface area contributed by atoms with Crippen molar-refractivity contribution in [2.45, 2.75) is 97.4 Å². The standard InChI is InChI=1S/C27H35F3O6/c1-6-21(33)36-26(15(3)31)10-9-18-17-8-7-16-11-19(32)14(2)12-24(16,4)22(17)20(13-25(18,26)5)35-23(34)27(28,29)30/h11,14,17-18,20,22H,6-10,12-13H2,1-5H3/t14?,17-,18-,20-,22+,24-,25-,26-/m0/s1. The zero-order valence-corrected chi connectivity index (χ0v) is 21.5. The second-order valence-corrected chi connectivity index (χ2v) is 11.7. The highest BCUT2D eigenvalue weighted by Crippen LogP contribution is 2.69. The number of fused-ring (bicyclic) bond motifs is 5. The van der Waals surface area contributed by atoms with Crippen LogP contribution in [-0.2, 0) is 28.7 Å². The van der Waals surface area contributed by atoms with Crippen molar-refractivity contribution in [1.82, 2.24) is 0 Å². The fourth-order valence-electron chi connectivity index (χ4n) is 8.38. The van der Waals surface area contributed by atoms with Crippen LogP contribution in [0.5, 0.6) is 0 Å². The van der Waals surface area contributed by atoms with Crippen LogP contribution in [0.1, 0.15) is 79.6 Å². The highest BCUT2D eigenvalue weighted by Gasteiger charge is 2.71. The van der Waals surface area contributed by atoms with Gasteiger partial charge in [-0.3, -0.25) is 14.4 Å². The Morgan fingerprint density at radius 1 is 1.14 bits per heavy atom. The smallest absolute Gasteiger partial charge is 0.455 e. The summed E-state index contributed by atoms with van der Waals surface area (Å²) >= 11 is 0. The van der Waals surface area contributed by atoms with Gasteiger partial charge in [0, 0.05) is 23.7 Å². The number of carbonyl (C=O) groups is 4. The zero-order valence-electron chi connectivity index (χ0n) is 21.5. The van der Waals surface area contributed by atoms with Gasteiger partial charge < -0.3 is 9.47 Å². The molecule has 9 heteroatoms. The summed E-state index contributed by atoms with van der Waals surface area (Å²) in [6, 6.07) is 0. The van der Waals surface area contributed by atoms with Gasteiger partial charge in [0.2, 0.25) is 0 Å². The predicted octanol–water partition coefficient (Wildman–Crippen LogP) is 5.13. The molecule has 0 bridgehead atoms. The van der Waals surface area contributed by atoms with E-state index in [1.54, 1.807) is 19.9 Å². The van der Waals surface area contributed by atoms with Crippen LogP contribution in [-0.4, -0.2) is 41.4 Å². The van der Waals surface area contributed by atoms with Crippen LogP contribution in [0.15, 0.2) is 11.6 Å². The number of hydrogen-bond donors (Lipinski definition) is 0. The molecule has 0 saturated heterocycles. The highest BCUT2D eigenvalue weighted by molar-refractivity contribution is 5.93. The van der Waals surface area contributed by atoms with Gasteiger partial charge in [0.25, 0.3) is 0 Å². The summed E-state index contributed by atoms with van der Waals surface area (Å²) in [4.78, 5) is 50.1. The summed E-state index contributed by atoms with van der Waals surface area (Å²) in [7, 11) is 0. The quantitative estimate of drug-likeness (QED) is 0.486. The summed E-state index contributed by atoms with van der Waals surface area (Å²) in [5.41, 5.74) is -2.19. The lowest BCUT2D eigenvalue weighted by Crippen LogP contribution is -2.63. The molecular formula is C27H35F3O6. The minimum atomic E-state index is -5.17. The molecule has 200 valence electrons. The number of carbonyl (C=O) groups excluding carboxylic acids is 4. The molecule has 0 N–H and O–H groups in total. The lowest BCUT2D eigenvalue weighted by Gasteiger charge is -2.61. The number of ketones is 2. The Morgan fingerprint density at radius 3 is 2.39 bits per heavy atom. The molecule has 0 amide bonds. The van der Waals surface area contributed by atoms with Gasteiger partial charge in [0.15, 0.2) is 17.2 Å². The third kappa shape index (κ3) is 3.83. The number of hydrogen-bond acceptors (Lipinski definition) is 6. The Labute approximate surface area is 209 Å². The summed E-state index contributed by atoms with van der Waals surface area (Å²) < 4.78 is 51.2. The Hall–Kier alpha value is -2.19. The van der Waals surface area contributed by atoms with Gasteiger partial charge in [0.1, 0.15) is 6.10 Å². The van der Waals surface area contributed by atoms with Gasteiger partial charge in [-0.25, -0.2) is 4.79 Å². The summed E-state index contributed by atoms with van der Waals surface area (Å²) in [5, 5.41) is 0. The summed E-state index contributed by atoms with van der Waals surface area (Å²) in [6.07, 6.45) is -2.09. The van der Waals surface area contributed by atoms with Crippen LogP contribution >= 0.6 is 0 Å². The van der Waals surface area contributed by atoms with Crippen molar-refractivity contribution < 1.29 is 41.8 Å². The fourth-order valence-corrected chi connectivity index (χ4v) is 8.38. The molecule has 3 fully saturated rings. The van der Waals surface area contributed by atoms with Crippen molar-refractivity contribution in [3.05, 3.63) is 11.6 Å². The molecule has 4 rings (SSSR count). The van der Waals surface area contributed by atoms with Gasteiger partial charge in [0.05, 0.1) is 0 Å². The van der Waals surface area contributed by atoms with E-state index in [1.165, 1.54) is 6.92 Å². The number of ether oxygens (including phenoxy) is 2. The molecule has 4 aliphatic carbocycles. The third-order valence-corrected chi connectivity index (χ3v) is 9.94. The van der Waals surface area contributed by atoms with Gasteiger partial charge in [-0.1, -0.05) is 33.3 Å². The molecule has 0 aromatic carbocycles. The van der Waals surface area contributed by atoms with Crippen molar-refractivity contribution in [3.8, 4) is 0 Å². The first-order chi connectivity index (χ1) is 16.6.